The molecule has 1 aromatic rings. The van der Waals surface area contributed by atoms with Crippen molar-refractivity contribution in [3.05, 3.63) is 24.3 Å². The molecule has 21 heavy (non-hydrogen) atoms. The van der Waals surface area contributed by atoms with Crippen LogP contribution in [0.3, 0.4) is 0 Å². The lowest BCUT2D eigenvalue weighted by molar-refractivity contribution is -0.0117. The number of hydrogen-bond donors (Lipinski definition) is 1. The van der Waals surface area contributed by atoms with Crippen LogP contribution >= 0.6 is 0 Å². The van der Waals surface area contributed by atoms with Crippen molar-refractivity contribution in [2.45, 2.75) is 11.0 Å². The molecule has 6 nitrogen and oxygen atoms in total. The van der Waals surface area contributed by atoms with Gasteiger partial charge in [-0.1, -0.05) is 0 Å². The van der Waals surface area contributed by atoms with Crippen molar-refractivity contribution in [1.82, 2.24) is 9.21 Å². The smallest absolute Gasteiger partial charge is 0.242 e. The van der Waals surface area contributed by atoms with Crippen LogP contribution in [-0.4, -0.2) is 71.1 Å². The van der Waals surface area contributed by atoms with Crippen LogP contribution in [-0.2, 0) is 14.8 Å². The molecule has 0 aromatic heterocycles. The number of likely N-dealkylation sites (N-methyl/N-ethyl adjacent to an activating group) is 1. The number of nitrogens with one attached hydrogen (secondary N) is 1. The maximum Gasteiger partial charge on any atom is 0.242 e. The number of anilines is 1. The molecular formula is C14H23N3O3S. The van der Waals surface area contributed by atoms with Crippen molar-refractivity contribution in [2.24, 2.45) is 0 Å². The molecule has 0 spiro atoms. The highest BCUT2D eigenvalue weighted by Gasteiger charge is 2.18. The summed E-state index contributed by atoms with van der Waals surface area (Å²) in [5.74, 6) is 0. The summed E-state index contributed by atoms with van der Waals surface area (Å²) in [5.41, 5.74) is 0.893. The van der Waals surface area contributed by atoms with Gasteiger partial charge in [-0.15, -0.1) is 0 Å². The van der Waals surface area contributed by atoms with Crippen LogP contribution < -0.4 is 5.32 Å². The summed E-state index contributed by atoms with van der Waals surface area (Å²) in [7, 11) is 1.77. The SMILES string of the molecule is CN1CCOC(CNc2ccc(S(=O)(=O)N(C)C)cc2)C1. The number of ether oxygens (including phenoxy) is 1. The van der Waals surface area contributed by atoms with Gasteiger partial charge in [0.2, 0.25) is 10.0 Å². The van der Waals surface area contributed by atoms with Gasteiger partial charge in [0, 0.05) is 39.4 Å². The molecule has 1 saturated heterocycles. The number of morpholine rings is 1. The van der Waals surface area contributed by atoms with E-state index in [9.17, 15) is 8.42 Å². The predicted octanol–water partition coefficient (Wildman–Crippen LogP) is 0.679. The second kappa shape index (κ2) is 6.74. The third kappa shape index (κ3) is 4.16. The normalized spacial score (nSPS) is 20.7. The van der Waals surface area contributed by atoms with E-state index < -0.39 is 10.0 Å². The molecule has 1 unspecified atom stereocenters. The van der Waals surface area contributed by atoms with Gasteiger partial charge in [-0.05, 0) is 31.3 Å². The first kappa shape index (κ1) is 16.2. The van der Waals surface area contributed by atoms with Gasteiger partial charge in [-0.25, -0.2) is 12.7 Å². The fourth-order valence-corrected chi connectivity index (χ4v) is 3.08. The molecule has 0 amide bonds. The Kier molecular flexibility index (Phi) is 5.21. The highest BCUT2D eigenvalue weighted by Crippen LogP contribution is 2.17. The Hall–Kier alpha value is -1.15. The highest BCUT2D eigenvalue weighted by atomic mass is 32.2. The highest BCUT2D eigenvalue weighted by molar-refractivity contribution is 7.89. The molecule has 118 valence electrons. The Morgan fingerprint density at radius 2 is 2.00 bits per heavy atom. The van der Waals surface area contributed by atoms with E-state index in [4.69, 9.17) is 4.74 Å². The van der Waals surface area contributed by atoms with Crippen molar-refractivity contribution in [3.63, 3.8) is 0 Å². The average molecular weight is 313 g/mol. The minimum atomic E-state index is -3.36. The summed E-state index contributed by atoms with van der Waals surface area (Å²) in [4.78, 5) is 2.54. The molecule has 1 N–H and O–H groups in total. The second-order valence-corrected chi connectivity index (χ2v) is 7.60. The molecule has 0 bridgehead atoms. The molecule has 7 heteroatoms. The van der Waals surface area contributed by atoms with Gasteiger partial charge >= 0.3 is 0 Å². The number of benzene rings is 1. The van der Waals surface area contributed by atoms with E-state index in [1.165, 1.54) is 18.4 Å². The third-order valence-electron chi connectivity index (χ3n) is 3.51. The Morgan fingerprint density at radius 3 is 2.57 bits per heavy atom. The maximum atomic E-state index is 12.0. The van der Waals surface area contributed by atoms with E-state index in [2.05, 4.69) is 17.3 Å². The fraction of sp³-hybridized carbons (Fsp3) is 0.571. The molecule has 2 rings (SSSR count). The molecule has 0 radical (unpaired) electrons. The van der Waals surface area contributed by atoms with Crippen molar-refractivity contribution in [1.29, 1.82) is 0 Å². The van der Waals surface area contributed by atoms with Gasteiger partial charge in [0.05, 0.1) is 17.6 Å². The minimum Gasteiger partial charge on any atom is -0.382 e. The summed E-state index contributed by atoms with van der Waals surface area (Å²) in [5, 5.41) is 3.28. The summed E-state index contributed by atoms with van der Waals surface area (Å²) < 4.78 is 30.8. The Bertz CT molecular complexity index is 557. The third-order valence-corrected chi connectivity index (χ3v) is 5.34. The minimum absolute atomic E-state index is 0.161. The lowest BCUT2D eigenvalue weighted by atomic mass is 10.2. The monoisotopic (exact) mass is 313 g/mol. The van der Waals surface area contributed by atoms with E-state index in [-0.39, 0.29) is 6.10 Å². The zero-order valence-electron chi connectivity index (χ0n) is 12.7. The Labute approximate surface area is 126 Å². The summed E-state index contributed by atoms with van der Waals surface area (Å²) in [6, 6.07) is 6.79. The van der Waals surface area contributed by atoms with Gasteiger partial charge in [0.15, 0.2) is 0 Å². The molecule has 1 aromatic carbocycles. The standard InChI is InChI=1S/C14H23N3O3S/c1-16(2)21(18,19)14-6-4-12(5-7-14)15-10-13-11-17(3)8-9-20-13/h4-7,13,15H,8-11H2,1-3H3. The Balaban J connectivity index is 1.94. The van der Waals surface area contributed by atoms with Gasteiger partial charge in [0.25, 0.3) is 0 Å². The van der Waals surface area contributed by atoms with E-state index >= 15 is 0 Å². The molecular weight excluding hydrogens is 290 g/mol. The number of rotatable bonds is 5. The van der Waals surface area contributed by atoms with Crippen LogP contribution in [0.4, 0.5) is 5.69 Å². The predicted molar refractivity (Wildman–Crippen MR) is 83.0 cm³/mol. The molecule has 1 aliphatic rings. The second-order valence-electron chi connectivity index (χ2n) is 5.45. The fourth-order valence-electron chi connectivity index (χ4n) is 2.18. The topological polar surface area (TPSA) is 61.9 Å². The van der Waals surface area contributed by atoms with Crippen LogP contribution in [0.25, 0.3) is 0 Å². The molecule has 0 aliphatic carbocycles. The van der Waals surface area contributed by atoms with Gasteiger partial charge < -0.3 is 15.0 Å². The zero-order chi connectivity index (χ0) is 15.5. The van der Waals surface area contributed by atoms with Crippen molar-refractivity contribution in [3.8, 4) is 0 Å². The number of nitrogens with zero attached hydrogens (tertiary/aromatic N) is 2. The van der Waals surface area contributed by atoms with Crippen LogP contribution in [0.2, 0.25) is 0 Å². The largest absolute Gasteiger partial charge is 0.382 e. The number of hydrogen-bond acceptors (Lipinski definition) is 5. The molecule has 1 fully saturated rings. The number of sulfonamides is 1. The van der Waals surface area contributed by atoms with E-state index in [0.29, 0.717) is 11.4 Å². The van der Waals surface area contributed by atoms with E-state index in [1.807, 2.05) is 0 Å². The van der Waals surface area contributed by atoms with Crippen molar-refractivity contribution in [2.75, 3.05) is 52.7 Å². The average Bonchev–Trinajstić information content (AvgIpc) is 2.45. The molecule has 0 saturated carbocycles. The quantitative estimate of drug-likeness (QED) is 0.866. The van der Waals surface area contributed by atoms with E-state index in [1.54, 1.807) is 24.3 Å². The van der Waals surface area contributed by atoms with Crippen LogP contribution in [0.1, 0.15) is 0 Å². The first-order valence-corrected chi connectivity index (χ1v) is 8.40. The summed E-state index contributed by atoms with van der Waals surface area (Å²) in [6.07, 6.45) is 0.161. The van der Waals surface area contributed by atoms with Gasteiger partial charge in [-0.3, -0.25) is 0 Å². The molecule has 1 aliphatic heterocycles. The first-order chi connectivity index (χ1) is 9.89. The maximum absolute atomic E-state index is 12.0. The first-order valence-electron chi connectivity index (χ1n) is 6.96. The van der Waals surface area contributed by atoms with Crippen LogP contribution in [0.5, 0.6) is 0 Å². The van der Waals surface area contributed by atoms with Crippen molar-refractivity contribution >= 4 is 15.7 Å². The van der Waals surface area contributed by atoms with Gasteiger partial charge in [-0.2, -0.15) is 0 Å². The summed E-state index contributed by atoms with van der Waals surface area (Å²) in [6.45, 7) is 3.33. The summed E-state index contributed by atoms with van der Waals surface area (Å²) >= 11 is 0. The molecule has 1 atom stereocenters. The lowest BCUT2D eigenvalue weighted by Gasteiger charge is -2.30. The Morgan fingerprint density at radius 1 is 1.33 bits per heavy atom. The van der Waals surface area contributed by atoms with Gasteiger partial charge in [0.1, 0.15) is 0 Å². The van der Waals surface area contributed by atoms with Crippen LogP contribution in [0, 0.1) is 0 Å². The zero-order valence-corrected chi connectivity index (χ0v) is 13.6. The molecule has 1 heterocycles. The van der Waals surface area contributed by atoms with E-state index in [0.717, 1.165) is 25.4 Å². The van der Waals surface area contributed by atoms with Crippen molar-refractivity contribution < 1.29 is 13.2 Å². The van der Waals surface area contributed by atoms with Crippen LogP contribution in [0.15, 0.2) is 29.2 Å². The lowest BCUT2D eigenvalue weighted by Crippen LogP contribution is -2.43.